The molecule has 7 heteroatoms. The van der Waals surface area contributed by atoms with E-state index < -0.39 is 6.10 Å². The van der Waals surface area contributed by atoms with E-state index in [4.69, 9.17) is 10.8 Å². The zero-order valence-electron chi connectivity index (χ0n) is 25.3. The highest BCUT2D eigenvalue weighted by Crippen LogP contribution is 2.22. The van der Waals surface area contributed by atoms with Gasteiger partial charge in [0.25, 0.3) is 0 Å². The number of aliphatic hydroxyl groups is 1. The maximum absolute atomic E-state index is 11.8. The van der Waals surface area contributed by atoms with Gasteiger partial charge < -0.3 is 21.5 Å². The van der Waals surface area contributed by atoms with E-state index in [1.807, 2.05) is 20.8 Å². The number of benzene rings is 1. The van der Waals surface area contributed by atoms with Crippen molar-refractivity contribution in [3.8, 4) is 0 Å². The van der Waals surface area contributed by atoms with Crippen molar-refractivity contribution in [1.82, 2.24) is 10.6 Å². The Kier molecular flexibility index (Phi) is 27.5. The van der Waals surface area contributed by atoms with Gasteiger partial charge in [0.15, 0.2) is 0 Å². The van der Waals surface area contributed by atoms with Gasteiger partial charge in [-0.05, 0) is 68.0 Å². The van der Waals surface area contributed by atoms with Crippen LogP contribution in [0.3, 0.4) is 0 Å². The summed E-state index contributed by atoms with van der Waals surface area (Å²) in [6.45, 7) is 24.3. The minimum absolute atomic E-state index is 0.0690. The fourth-order valence-electron chi connectivity index (χ4n) is 2.66. The molecule has 0 bridgehead atoms. The smallest absolute Gasteiger partial charge is 0.236 e. The lowest BCUT2D eigenvalue weighted by Crippen LogP contribution is -2.44. The first-order chi connectivity index (χ1) is 17.8. The number of thiol groups is 2. The number of hydrogen-bond acceptors (Lipinski definition) is 6. The fraction of sp³-hybridized carbons (Fsp3) is 0.581. The van der Waals surface area contributed by atoms with Crippen LogP contribution in [-0.4, -0.2) is 42.0 Å². The Morgan fingerprint density at radius 2 is 1.66 bits per heavy atom. The van der Waals surface area contributed by atoms with Gasteiger partial charge in [-0.15, -0.1) is 12.6 Å². The molecule has 1 aromatic carbocycles. The van der Waals surface area contributed by atoms with Gasteiger partial charge in [0, 0.05) is 17.1 Å². The molecule has 1 rings (SSSR count). The molecule has 0 spiro atoms. The SMILES string of the molecule is C=C/C(N)=C(/S)C=C.CC.CC(O)CNC(=O)C(C)NCCCc1ccc(C(C)(C)C)cc1.CCCCS. The van der Waals surface area contributed by atoms with Gasteiger partial charge in [0.05, 0.1) is 12.1 Å². The van der Waals surface area contributed by atoms with E-state index in [1.54, 1.807) is 13.0 Å². The van der Waals surface area contributed by atoms with Gasteiger partial charge in [0.2, 0.25) is 5.91 Å². The Balaban J connectivity index is -0.000000670. The highest BCUT2D eigenvalue weighted by atomic mass is 32.1. The van der Waals surface area contributed by atoms with Crippen LogP contribution in [0.5, 0.6) is 0 Å². The summed E-state index contributed by atoms with van der Waals surface area (Å²) < 4.78 is 0. The molecule has 5 N–H and O–H groups in total. The van der Waals surface area contributed by atoms with E-state index >= 15 is 0 Å². The Morgan fingerprint density at radius 3 is 2.00 bits per heavy atom. The zero-order chi connectivity index (χ0) is 30.1. The van der Waals surface area contributed by atoms with Gasteiger partial charge in [-0.1, -0.05) is 91.5 Å². The van der Waals surface area contributed by atoms with Crippen LogP contribution in [-0.2, 0) is 16.6 Å². The first-order valence-corrected chi connectivity index (χ1v) is 14.7. The number of aryl methyl sites for hydroxylation is 1. The molecule has 0 aliphatic carbocycles. The van der Waals surface area contributed by atoms with E-state index in [0.717, 1.165) is 25.1 Å². The van der Waals surface area contributed by atoms with Crippen LogP contribution in [0.2, 0.25) is 0 Å². The molecule has 0 heterocycles. The van der Waals surface area contributed by atoms with Gasteiger partial charge >= 0.3 is 0 Å². The Bertz CT molecular complexity index is 752. The molecule has 220 valence electrons. The Morgan fingerprint density at radius 1 is 1.11 bits per heavy atom. The first-order valence-electron chi connectivity index (χ1n) is 13.7. The number of unbranched alkanes of at least 4 members (excludes halogenated alkanes) is 1. The molecule has 0 radical (unpaired) electrons. The highest BCUT2D eigenvalue weighted by molar-refractivity contribution is 7.84. The number of hydrogen-bond donors (Lipinski definition) is 6. The molecule has 0 aromatic heterocycles. The molecule has 0 aliphatic heterocycles. The minimum Gasteiger partial charge on any atom is -0.398 e. The number of carbonyl (C=O) groups excluding carboxylic acids is 1. The van der Waals surface area contributed by atoms with Crippen molar-refractivity contribution in [3.63, 3.8) is 0 Å². The fourth-order valence-corrected chi connectivity index (χ4v) is 3.06. The van der Waals surface area contributed by atoms with Gasteiger partial charge in [-0.25, -0.2) is 0 Å². The highest BCUT2D eigenvalue weighted by Gasteiger charge is 2.13. The van der Waals surface area contributed by atoms with E-state index in [-0.39, 0.29) is 17.4 Å². The summed E-state index contributed by atoms with van der Waals surface area (Å²) in [6.07, 6.45) is 7.10. The summed E-state index contributed by atoms with van der Waals surface area (Å²) in [5.74, 6) is 0.969. The molecule has 2 atom stereocenters. The molecule has 0 fully saturated rings. The van der Waals surface area contributed by atoms with Crippen molar-refractivity contribution in [2.24, 2.45) is 5.73 Å². The second-order valence-electron chi connectivity index (χ2n) is 9.65. The first kappa shape index (κ1) is 40.8. The molecule has 5 nitrogen and oxygen atoms in total. The quantitative estimate of drug-likeness (QED) is 0.0977. The third-order valence-corrected chi connectivity index (χ3v) is 5.86. The van der Waals surface area contributed by atoms with E-state index in [2.05, 4.69) is 101 Å². The van der Waals surface area contributed by atoms with Crippen molar-refractivity contribution in [3.05, 3.63) is 71.3 Å². The van der Waals surface area contributed by atoms with Crippen LogP contribution >= 0.6 is 25.3 Å². The van der Waals surface area contributed by atoms with E-state index in [9.17, 15) is 4.79 Å². The van der Waals surface area contributed by atoms with Gasteiger partial charge in [0.1, 0.15) is 0 Å². The number of carbonyl (C=O) groups is 1. The lowest BCUT2D eigenvalue weighted by Gasteiger charge is -2.19. The molecule has 2 unspecified atom stereocenters. The molecule has 1 amide bonds. The predicted octanol–water partition coefficient (Wildman–Crippen LogP) is 6.59. The lowest BCUT2D eigenvalue weighted by molar-refractivity contribution is -0.123. The molecule has 0 aliphatic rings. The standard InChI is InChI=1S/C19H32N2O2.C6H9NS.C4H10S.C2H6/c1-14(22)13-21-18(23)15(2)20-12-6-7-16-8-10-17(11-9-16)19(3,4)5;1-3-5(7)6(8)4-2;1-2-3-4-5;1-2/h8-11,14-15,20,22H,6-7,12-13H2,1-5H3,(H,21,23);3-4,8H,1-2,7H2;5H,2-4H2,1H3;1-2H3/b;6-5-;;. The van der Waals surface area contributed by atoms with Crippen LogP contribution in [0.1, 0.15) is 85.8 Å². The molecule has 38 heavy (non-hydrogen) atoms. The van der Waals surface area contributed by atoms with Crippen LogP contribution in [0.15, 0.2) is 60.2 Å². The predicted molar refractivity (Wildman–Crippen MR) is 176 cm³/mol. The van der Waals surface area contributed by atoms with Crippen LogP contribution < -0.4 is 16.4 Å². The minimum atomic E-state index is -0.512. The monoisotopic (exact) mass is 567 g/mol. The Labute approximate surface area is 245 Å². The normalized spacial score (nSPS) is 12.5. The topological polar surface area (TPSA) is 87.4 Å². The molecule has 0 saturated carbocycles. The Hall–Kier alpha value is -1.67. The number of allylic oxidation sites excluding steroid dienone is 2. The number of rotatable bonds is 12. The summed E-state index contributed by atoms with van der Waals surface area (Å²) >= 11 is 7.97. The van der Waals surface area contributed by atoms with Crippen molar-refractivity contribution in [2.45, 2.75) is 98.6 Å². The maximum Gasteiger partial charge on any atom is 0.236 e. The average Bonchev–Trinajstić information content (AvgIpc) is 2.90. The zero-order valence-corrected chi connectivity index (χ0v) is 27.1. The number of aliphatic hydroxyl groups excluding tert-OH is 1. The maximum atomic E-state index is 11.8. The summed E-state index contributed by atoms with van der Waals surface area (Å²) in [6, 6.07) is 8.56. The third-order valence-electron chi connectivity index (χ3n) is 5.10. The van der Waals surface area contributed by atoms with Crippen molar-refractivity contribution in [1.29, 1.82) is 0 Å². The second kappa shape index (κ2) is 25.6. The van der Waals surface area contributed by atoms with Crippen LogP contribution in [0, 0.1) is 0 Å². The second-order valence-corrected chi connectivity index (χ2v) is 10.6. The summed E-state index contributed by atoms with van der Waals surface area (Å²) in [5, 5.41) is 15.1. The molecular weight excluding hydrogens is 510 g/mol. The van der Waals surface area contributed by atoms with Crippen LogP contribution in [0.25, 0.3) is 0 Å². The number of nitrogens with two attached hydrogens (primary N) is 1. The van der Waals surface area contributed by atoms with Crippen molar-refractivity contribution in [2.75, 3.05) is 18.8 Å². The average molecular weight is 568 g/mol. The molecular formula is C31H57N3O2S2. The van der Waals surface area contributed by atoms with Gasteiger partial charge in [-0.3, -0.25) is 4.79 Å². The van der Waals surface area contributed by atoms with Gasteiger partial charge in [-0.2, -0.15) is 12.6 Å². The van der Waals surface area contributed by atoms with E-state index in [0.29, 0.717) is 17.1 Å². The number of nitrogens with one attached hydrogen (secondary N) is 2. The summed E-state index contributed by atoms with van der Waals surface area (Å²) in [7, 11) is 0. The van der Waals surface area contributed by atoms with E-state index in [1.165, 1.54) is 30.0 Å². The number of amides is 1. The van der Waals surface area contributed by atoms with Crippen molar-refractivity contribution >= 4 is 31.2 Å². The molecule has 0 saturated heterocycles. The molecule has 1 aromatic rings. The lowest BCUT2D eigenvalue weighted by atomic mass is 9.86. The van der Waals surface area contributed by atoms with Crippen molar-refractivity contribution < 1.29 is 9.90 Å². The summed E-state index contributed by atoms with van der Waals surface area (Å²) in [4.78, 5) is 12.4. The largest absolute Gasteiger partial charge is 0.398 e. The van der Waals surface area contributed by atoms with Crippen LogP contribution in [0.4, 0.5) is 0 Å². The third kappa shape index (κ3) is 23.4. The summed E-state index contributed by atoms with van der Waals surface area (Å²) in [5.41, 5.74) is 8.76.